The van der Waals surface area contributed by atoms with E-state index in [1.54, 1.807) is 6.20 Å². The molecular weight excluding hydrogens is 372 g/mol. The average molecular weight is 394 g/mol. The number of H-pyrrole nitrogens is 1. The second kappa shape index (κ2) is 7.97. The van der Waals surface area contributed by atoms with E-state index in [0.717, 1.165) is 33.8 Å². The largest absolute Gasteiger partial charge is 0.490 e. The molecule has 2 aromatic carbocycles. The maximum Gasteiger partial charge on any atom is 0.138 e. The highest BCUT2D eigenvalue weighted by molar-refractivity contribution is 5.96. The van der Waals surface area contributed by atoms with Crippen molar-refractivity contribution in [2.45, 2.75) is 12.5 Å². The van der Waals surface area contributed by atoms with E-state index in [0.29, 0.717) is 12.4 Å². The molecule has 5 aromatic rings. The summed E-state index contributed by atoms with van der Waals surface area (Å²) in [5.41, 5.74) is 10.8. The lowest BCUT2D eigenvalue weighted by molar-refractivity contribution is 0.287. The van der Waals surface area contributed by atoms with Crippen LogP contribution in [-0.2, 0) is 6.42 Å². The number of ether oxygens (including phenoxy) is 1. The fourth-order valence-corrected chi connectivity index (χ4v) is 3.86. The van der Waals surface area contributed by atoms with Gasteiger partial charge in [-0.05, 0) is 41.1 Å². The normalized spacial score (nSPS) is 12.3. The molecular formula is C25H22N4O. The molecule has 30 heavy (non-hydrogen) atoms. The van der Waals surface area contributed by atoms with Crippen LogP contribution in [0.5, 0.6) is 5.75 Å². The number of rotatable bonds is 6. The van der Waals surface area contributed by atoms with E-state index in [-0.39, 0.29) is 6.04 Å². The Bertz CT molecular complexity index is 1310. The minimum atomic E-state index is -0.114. The predicted octanol–water partition coefficient (Wildman–Crippen LogP) is 4.73. The van der Waals surface area contributed by atoms with Crippen LogP contribution < -0.4 is 10.5 Å². The predicted molar refractivity (Wildman–Crippen MR) is 120 cm³/mol. The van der Waals surface area contributed by atoms with Crippen molar-refractivity contribution in [3.05, 3.63) is 91.1 Å². The lowest BCUT2D eigenvalue weighted by atomic mass is 10.0. The highest BCUT2D eigenvalue weighted by Crippen LogP contribution is 2.29. The summed E-state index contributed by atoms with van der Waals surface area (Å²) < 4.78 is 5.99. The number of pyridine rings is 2. The van der Waals surface area contributed by atoms with Crippen molar-refractivity contribution in [2.24, 2.45) is 5.73 Å². The van der Waals surface area contributed by atoms with Crippen molar-refractivity contribution in [3.8, 4) is 16.9 Å². The lowest BCUT2D eigenvalue weighted by Crippen LogP contribution is -2.30. The minimum Gasteiger partial charge on any atom is -0.490 e. The van der Waals surface area contributed by atoms with Gasteiger partial charge in [-0.2, -0.15) is 0 Å². The van der Waals surface area contributed by atoms with E-state index in [1.165, 1.54) is 10.9 Å². The van der Waals surface area contributed by atoms with Crippen LogP contribution in [0.15, 0.2) is 85.6 Å². The van der Waals surface area contributed by atoms with Crippen LogP contribution in [-0.4, -0.2) is 27.6 Å². The molecule has 0 amide bonds. The smallest absolute Gasteiger partial charge is 0.138 e. The highest BCUT2D eigenvalue weighted by Gasteiger charge is 2.11. The second-order valence-corrected chi connectivity index (χ2v) is 7.45. The summed E-state index contributed by atoms with van der Waals surface area (Å²) >= 11 is 0. The molecule has 0 spiro atoms. The van der Waals surface area contributed by atoms with Crippen molar-refractivity contribution in [2.75, 3.05) is 6.61 Å². The quantitative estimate of drug-likeness (QED) is 0.437. The number of para-hydroxylation sites is 1. The van der Waals surface area contributed by atoms with Gasteiger partial charge in [-0.15, -0.1) is 0 Å². The number of nitrogens with zero attached hydrogens (tertiary/aromatic N) is 2. The summed E-state index contributed by atoms with van der Waals surface area (Å²) in [5.74, 6) is 0.716. The number of benzene rings is 2. The first-order valence-electron chi connectivity index (χ1n) is 9.99. The van der Waals surface area contributed by atoms with E-state index in [9.17, 15) is 0 Å². The number of hydrogen-bond donors (Lipinski definition) is 2. The molecule has 5 rings (SSSR count). The van der Waals surface area contributed by atoms with Crippen molar-refractivity contribution >= 4 is 21.7 Å². The Morgan fingerprint density at radius 1 is 0.933 bits per heavy atom. The zero-order chi connectivity index (χ0) is 20.3. The Kier molecular flexibility index (Phi) is 4.87. The molecule has 0 fully saturated rings. The Hall–Kier alpha value is -3.70. The number of aromatic nitrogens is 3. The first-order valence-corrected chi connectivity index (χ1v) is 9.99. The van der Waals surface area contributed by atoms with Gasteiger partial charge in [0.25, 0.3) is 0 Å². The fourth-order valence-electron chi connectivity index (χ4n) is 3.86. The zero-order valence-corrected chi connectivity index (χ0v) is 16.5. The summed E-state index contributed by atoms with van der Waals surface area (Å²) in [6.07, 6.45) is 10.0. The second-order valence-electron chi connectivity index (χ2n) is 7.45. The molecule has 0 aliphatic carbocycles. The third-order valence-electron chi connectivity index (χ3n) is 5.33. The Morgan fingerprint density at radius 2 is 1.87 bits per heavy atom. The number of nitrogens with two attached hydrogens (primary N) is 1. The maximum absolute atomic E-state index is 6.36. The molecule has 0 saturated heterocycles. The van der Waals surface area contributed by atoms with Crippen LogP contribution in [0.2, 0.25) is 0 Å². The summed E-state index contributed by atoms with van der Waals surface area (Å²) in [6, 6.07) is 18.4. The van der Waals surface area contributed by atoms with Gasteiger partial charge in [-0.25, -0.2) is 0 Å². The van der Waals surface area contributed by atoms with Gasteiger partial charge in [0.15, 0.2) is 0 Å². The van der Waals surface area contributed by atoms with Gasteiger partial charge in [0, 0.05) is 52.7 Å². The summed E-state index contributed by atoms with van der Waals surface area (Å²) in [7, 11) is 0. The molecule has 5 nitrogen and oxygen atoms in total. The van der Waals surface area contributed by atoms with E-state index in [1.807, 2.05) is 55.1 Å². The van der Waals surface area contributed by atoms with Gasteiger partial charge in [-0.3, -0.25) is 9.97 Å². The SMILES string of the molecule is NC(COc1cncc(-c2cccc3cnccc23)c1)Cc1c[nH]c2ccccc12. The molecule has 148 valence electrons. The van der Waals surface area contributed by atoms with Gasteiger partial charge in [0.1, 0.15) is 12.4 Å². The molecule has 3 heterocycles. The third-order valence-corrected chi connectivity index (χ3v) is 5.33. The number of hydrogen-bond acceptors (Lipinski definition) is 4. The van der Waals surface area contributed by atoms with Crippen LogP contribution >= 0.6 is 0 Å². The molecule has 3 aromatic heterocycles. The van der Waals surface area contributed by atoms with Gasteiger partial charge in [-0.1, -0.05) is 36.4 Å². The van der Waals surface area contributed by atoms with Crippen LogP contribution in [0.4, 0.5) is 0 Å². The molecule has 0 aliphatic heterocycles. The van der Waals surface area contributed by atoms with Crippen LogP contribution in [0.25, 0.3) is 32.8 Å². The Labute approximate surface area is 174 Å². The molecule has 0 aliphatic rings. The van der Waals surface area contributed by atoms with Crippen molar-refractivity contribution in [3.63, 3.8) is 0 Å². The lowest BCUT2D eigenvalue weighted by Gasteiger charge is -2.14. The minimum absolute atomic E-state index is 0.114. The first-order chi connectivity index (χ1) is 14.8. The van der Waals surface area contributed by atoms with Crippen molar-refractivity contribution < 1.29 is 4.74 Å². The first kappa shape index (κ1) is 18.3. The molecule has 0 bridgehead atoms. The molecule has 1 unspecified atom stereocenters. The molecule has 5 heteroatoms. The van der Waals surface area contributed by atoms with Crippen molar-refractivity contribution in [1.29, 1.82) is 0 Å². The van der Waals surface area contributed by atoms with Crippen LogP contribution in [0.1, 0.15) is 5.56 Å². The number of aromatic amines is 1. The Balaban J connectivity index is 1.31. The monoisotopic (exact) mass is 394 g/mol. The van der Waals surface area contributed by atoms with E-state index in [2.05, 4.69) is 39.2 Å². The standard InChI is InChI=1S/C25H22N4O/c26-20(10-18-14-29-25-7-2-1-5-24(18)25)16-30-21-11-19(13-28-15-21)22-6-3-4-17-12-27-9-8-23(17)22/h1-9,11-15,20,29H,10,16,26H2. The van der Waals surface area contributed by atoms with Gasteiger partial charge in [0.05, 0.1) is 6.20 Å². The van der Waals surface area contributed by atoms with Crippen molar-refractivity contribution in [1.82, 2.24) is 15.0 Å². The zero-order valence-electron chi connectivity index (χ0n) is 16.5. The maximum atomic E-state index is 6.36. The molecule has 0 radical (unpaired) electrons. The highest BCUT2D eigenvalue weighted by atomic mass is 16.5. The molecule has 0 saturated carbocycles. The summed E-state index contributed by atoms with van der Waals surface area (Å²) in [6.45, 7) is 0.421. The fraction of sp³-hybridized carbons (Fsp3) is 0.120. The van der Waals surface area contributed by atoms with Gasteiger partial charge < -0.3 is 15.5 Å². The topological polar surface area (TPSA) is 76.8 Å². The molecule has 3 N–H and O–H groups in total. The average Bonchev–Trinajstić information content (AvgIpc) is 3.20. The number of nitrogens with one attached hydrogen (secondary N) is 1. The van der Waals surface area contributed by atoms with E-state index >= 15 is 0 Å². The van der Waals surface area contributed by atoms with Gasteiger partial charge in [0.2, 0.25) is 0 Å². The van der Waals surface area contributed by atoms with Crippen LogP contribution in [0, 0.1) is 0 Å². The summed E-state index contributed by atoms with van der Waals surface area (Å²) in [5, 5.41) is 3.45. The third kappa shape index (κ3) is 3.63. The number of fused-ring (bicyclic) bond motifs is 2. The summed E-state index contributed by atoms with van der Waals surface area (Å²) in [4.78, 5) is 11.9. The Morgan fingerprint density at radius 3 is 2.83 bits per heavy atom. The van der Waals surface area contributed by atoms with E-state index in [4.69, 9.17) is 10.5 Å². The molecule has 1 atom stereocenters. The van der Waals surface area contributed by atoms with E-state index < -0.39 is 0 Å². The van der Waals surface area contributed by atoms with Gasteiger partial charge >= 0.3 is 0 Å². The van der Waals surface area contributed by atoms with Crippen LogP contribution in [0.3, 0.4) is 0 Å².